The first-order valence-electron chi connectivity index (χ1n) is 5.26. The molecular weight excluding hydrogens is 262 g/mol. The minimum Gasteiger partial charge on any atom is -0.449 e. The van der Waals surface area contributed by atoms with Gasteiger partial charge >= 0.3 is 0 Å². The first-order valence-corrected chi connectivity index (χ1v) is 5.80. The van der Waals surface area contributed by atoms with Gasteiger partial charge in [0.25, 0.3) is 6.04 Å². The van der Waals surface area contributed by atoms with Crippen LogP contribution in [0.25, 0.3) is 0 Å². The maximum Gasteiger partial charge on any atom is 0.260 e. The van der Waals surface area contributed by atoms with Crippen molar-refractivity contribution in [1.29, 1.82) is 0 Å². The Morgan fingerprint density at radius 1 is 1.72 bits per heavy atom. The first-order chi connectivity index (χ1) is 8.65. The number of ether oxygens (including phenoxy) is 2. The van der Waals surface area contributed by atoms with Crippen LogP contribution in [0.5, 0.6) is 0 Å². The molecule has 2 rings (SSSR count). The highest BCUT2D eigenvalue weighted by molar-refractivity contribution is 6.27. The van der Waals surface area contributed by atoms with Gasteiger partial charge in [0.2, 0.25) is 12.1 Å². The third-order valence-corrected chi connectivity index (χ3v) is 2.90. The molecule has 0 aromatic rings. The summed E-state index contributed by atoms with van der Waals surface area (Å²) in [7, 11) is 1.43. The van der Waals surface area contributed by atoms with E-state index in [9.17, 15) is 10.1 Å². The first kappa shape index (κ1) is 12.8. The lowest BCUT2D eigenvalue weighted by molar-refractivity contribution is -0.519. The van der Waals surface area contributed by atoms with Gasteiger partial charge in [0, 0.05) is 17.6 Å². The van der Waals surface area contributed by atoms with Gasteiger partial charge in [-0.05, 0) is 12.2 Å². The van der Waals surface area contributed by atoms with Gasteiger partial charge in [0.05, 0.1) is 0 Å². The minimum absolute atomic E-state index is 0.172. The molecule has 0 saturated carbocycles. The summed E-state index contributed by atoms with van der Waals surface area (Å²) in [5.41, 5.74) is 3.48. The lowest BCUT2D eigenvalue weighted by Crippen LogP contribution is -2.36. The fourth-order valence-electron chi connectivity index (χ4n) is 1.76. The molecular formula is C10H12ClN3O4. The zero-order valence-electron chi connectivity index (χ0n) is 9.58. The Labute approximate surface area is 108 Å². The number of hydrogen-bond donors (Lipinski definition) is 1. The molecule has 1 aliphatic carbocycles. The number of hydrazone groups is 1. The number of hydrogen-bond acceptors (Lipinski definition) is 6. The summed E-state index contributed by atoms with van der Waals surface area (Å²) in [6, 6.07) is -0.881. The summed E-state index contributed by atoms with van der Waals surface area (Å²) >= 11 is 5.59. The van der Waals surface area contributed by atoms with Crippen molar-refractivity contribution in [2.75, 3.05) is 13.0 Å². The molecule has 98 valence electrons. The number of nitrogens with one attached hydrogen (secondary N) is 1. The van der Waals surface area contributed by atoms with Crippen molar-refractivity contribution in [2.45, 2.75) is 18.4 Å². The molecule has 0 bridgehead atoms. The molecule has 0 saturated heterocycles. The molecule has 1 N–H and O–H groups in total. The minimum atomic E-state index is -0.881. The molecule has 0 aromatic carbocycles. The molecule has 0 spiro atoms. The van der Waals surface area contributed by atoms with Crippen LogP contribution in [0.1, 0.15) is 0 Å². The number of alkyl halides is 1. The number of rotatable bonds is 4. The van der Waals surface area contributed by atoms with Crippen LogP contribution in [-0.2, 0) is 9.47 Å². The lowest BCUT2D eigenvalue weighted by atomic mass is 9.99. The van der Waals surface area contributed by atoms with Gasteiger partial charge in [0.1, 0.15) is 12.0 Å². The molecule has 7 nitrogen and oxygen atoms in total. The predicted octanol–water partition coefficient (Wildman–Crippen LogP) is 0.641. The number of nitro groups is 1. The van der Waals surface area contributed by atoms with E-state index < -0.39 is 18.4 Å². The van der Waals surface area contributed by atoms with Crippen LogP contribution in [0.15, 0.2) is 28.9 Å². The topological polar surface area (TPSA) is 86.0 Å². The molecule has 8 heteroatoms. The van der Waals surface area contributed by atoms with E-state index in [1.54, 1.807) is 12.2 Å². The smallest absolute Gasteiger partial charge is 0.260 e. The zero-order chi connectivity index (χ0) is 13.1. The van der Waals surface area contributed by atoms with Gasteiger partial charge in [-0.3, -0.25) is 15.5 Å². The largest absolute Gasteiger partial charge is 0.449 e. The van der Waals surface area contributed by atoms with Gasteiger partial charge in [-0.1, -0.05) is 6.08 Å². The average Bonchev–Trinajstić information content (AvgIpc) is 2.86. The third-order valence-electron chi connectivity index (χ3n) is 2.67. The summed E-state index contributed by atoms with van der Waals surface area (Å²) < 4.78 is 10.5. The van der Waals surface area contributed by atoms with Crippen LogP contribution in [0.2, 0.25) is 0 Å². The maximum atomic E-state index is 10.8. The van der Waals surface area contributed by atoms with Crippen molar-refractivity contribution in [3.63, 3.8) is 0 Å². The summed E-state index contributed by atoms with van der Waals surface area (Å²) in [5.74, 6) is 0.562. The van der Waals surface area contributed by atoms with Crippen molar-refractivity contribution < 1.29 is 14.4 Å². The van der Waals surface area contributed by atoms with E-state index in [0.29, 0.717) is 5.90 Å². The second-order valence-electron chi connectivity index (χ2n) is 3.77. The summed E-state index contributed by atoms with van der Waals surface area (Å²) in [4.78, 5) is 10.4. The van der Waals surface area contributed by atoms with Crippen molar-refractivity contribution in [1.82, 2.24) is 5.43 Å². The van der Waals surface area contributed by atoms with Crippen LogP contribution in [-0.4, -0.2) is 42.2 Å². The Balaban J connectivity index is 2.08. The lowest BCUT2D eigenvalue weighted by Gasteiger charge is -2.21. The van der Waals surface area contributed by atoms with E-state index in [1.165, 1.54) is 13.2 Å². The van der Waals surface area contributed by atoms with Crippen molar-refractivity contribution in [2.24, 2.45) is 5.10 Å². The van der Waals surface area contributed by atoms with Gasteiger partial charge in [0.15, 0.2) is 0 Å². The molecule has 0 fully saturated rings. The SMILES string of the molecule is COC1C=C(C2NN=C(CCl)O2)C=CC1[N+](=O)[O-]. The number of nitrogens with zero attached hydrogens (tertiary/aromatic N) is 2. The highest BCUT2D eigenvalue weighted by atomic mass is 35.5. The summed E-state index contributed by atoms with van der Waals surface area (Å²) in [5, 5.41) is 14.7. The fraction of sp³-hybridized carbons (Fsp3) is 0.500. The Kier molecular flexibility index (Phi) is 3.83. The molecule has 3 atom stereocenters. The van der Waals surface area contributed by atoms with Crippen LogP contribution in [0, 0.1) is 10.1 Å². The van der Waals surface area contributed by atoms with Crippen LogP contribution in [0.4, 0.5) is 0 Å². The summed E-state index contributed by atoms with van der Waals surface area (Å²) in [6.45, 7) is 0. The number of halogens is 1. The van der Waals surface area contributed by atoms with Crippen LogP contribution < -0.4 is 5.43 Å². The highest BCUT2D eigenvalue weighted by Crippen LogP contribution is 2.21. The van der Waals surface area contributed by atoms with E-state index >= 15 is 0 Å². The van der Waals surface area contributed by atoms with Crippen molar-refractivity contribution in [3.8, 4) is 0 Å². The molecule has 1 heterocycles. The van der Waals surface area contributed by atoms with E-state index in [4.69, 9.17) is 21.1 Å². The second-order valence-corrected chi connectivity index (χ2v) is 4.04. The quantitative estimate of drug-likeness (QED) is 0.461. The van der Waals surface area contributed by atoms with Gasteiger partial charge < -0.3 is 9.47 Å². The van der Waals surface area contributed by atoms with Gasteiger partial charge in [-0.25, -0.2) is 0 Å². The molecule has 0 amide bonds. The summed E-state index contributed by atoms with van der Waals surface area (Å²) in [6.07, 6.45) is 3.67. The van der Waals surface area contributed by atoms with Crippen molar-refractivity contribution >= 4 is 17.5 Å². The van der Waals surface area contributed by atoms with Crippen molar-refractivity contribution in [3.05, 3.63) is 33.9 Å². The normalized spacial score (nSPS) is 30.2. The van der Waals surface area contributed by atoms with Gasteiger partial charge in [-0.15, -0.1) is 16.7 Å². The van der Waals surface area contributed by atoms with E-state index in [1.807, 2.05) is 0 Å². The Morgan fingerprint density at radius 2 is 2.50 bits per heavy atom. The molecule has 3 unspecified atom stereocenters. The molecule has 0 radical (unpaired) electrons. The monoisotopic (exact) mass is 273 g/mol. The van der Waals surface area contributed by atoms with Crippen LogP contribution in [0.3, 0.4) is 0 Å². The van der Waals surface area contributed by atoms with Gasteiger partial charge in [-0.2, -0.15) is 0 Å². The van der Waals surface area contributed by atoms with E-state index in [-0.39, 0.29) is 10.8 Å². The average molecular weight is 274 g/mol. The number of methoxy groups -OCH3 is 1. The zero-order valence-corrected chi connectivity index (χ0v) is 10.3. The highest BCUT2D eigenvalue weighted by Gasteiger charge is 2.33. The third kappa shape index (κ3) is 2.46. The second kappa shape index (κ2) is 5.36. The standard InChI is InChI=1S/C10H12ClN3O4/c1-17-8-4-6(2-3-7(8)14(15)16)10-13-12-9(5-11)18-10/h2-4,7-8,10,13H,5H2,1H3. The molecule has 2 aliphatic rings. The van der Waals surface area contributed by atoms with E-state index in [0.717, 1.165) is 5.57 Å². The Bertz CT molecular complexity index is 435. The predicted molar refractivity (Wildman–Crippen MR) is 65.0 cm³/mol. The Morgan fingerprint density at radius 3 is 3.06 bits per heavy atom. The maximum absolute atomic E-state index is 10.8. The molecule has 18 heavy (non-hydrogen) atoms. The fourth-order valence-corrected chi connectivity index (χ4v) is 1.88. The Hall–Kier alpha value is -1.60. The molecule has 0 aromatic heterocycles. The molecule has 1 aliphatic heterocycles. The van der Waals surface area contributed by atoms with E-state index in [2.05, 4.69) is 10.5 Å². The van der Waals surface area contributed by atoms with Crippen LogP contribution >= 0.6 is 11.6 Å².